The third-order valence-electron chi connectivity index (χ3n) is 0.858. The number of hydrogen-bond donors (Lipinski definition) is 0. The monoisotopic (exact) mass is 152 g/mol. The van der Waals surface area contributed by atoms with Gasteiger partial charge in [-0.3, -0.25) is 4.79 Å². The van der Waals surface area contributed by atoms with Crippen LogP contribution in [0.3, 0.4) is 0 Å². The zero-order chi connectivity index (χ0) is 7.11. The summed E-state index contributed by atoms with van der Waals surface area (Å²) in [6.07, 6.45) is 2.87. The fourth-order valence-electron chi connectivity index (χ4n) is 0.453. The van der Waals surface area contributed by atoms with Crippen molar-refractivity contribution in [1.82, 2.24) is 0 Å². The molecule has 0 aliphatic rings. The van der Waals surface area contributed by atoms with Crippen molar-refractivity contribution in [1.29, 1.82) is 0 Å². The molecule has 0 aromatic carbocycles. The number of allylic oxidation sites excluding steroid dienone is 1. The minimum atomic E-state index is -0.141. The Bertz CT molecular complexity index is 102. The fraction of sp³-hybridized carbons (Fsp3) is 0.571. The van der Waals surface area contributed by atoms with E-state index in [9.17, 15) is 4.79 Å². The van der Waals surface area contributed by atoms with Crippen LogP contribution in [0.5, 0.6) is 0 Å². The standard InChI is InChI=1S/C7H12O2.Na.H/c1-3-5-6-7(8)9-4-2;;/h3H,1,4-6H2,2H3;;. The van der Waals surface area contributed by atoms with Crippen LogP contribution in [-0.4, -0.2) is 42.1 Å². The van der Waals surface area contributed by atoms with Gasteiger partial charge in [0.2, 0.25) is 0 Å². The van der Waals surface area contributed by atoms with Gasteiger partial charge in [-0.2, -0.15) is 0 Å². The number of esters is 1. The van der Waals surface area contributed by atoms with Gasteiger partial charge in [0.1, 0.15) is 0 Å². The number of ether oxygens (including phenoxy) is 1. The third kappa shape index (κ3) is 8.21. The molecule has 2 nitrogen and oxygen atoms in total. The predicted molar refractivity (Wildman–Crippen MR) is 43.2 cm³/mol. The summed E-state index contributed by atoms with van der Waals surface area (Å²) in [5.41, 5.74) is 0. The molecule has 0 saturated heterocycles. The Kier molecular flexibility index (Phi) is 11.8. The Morgan fingerprint density at radius 1 is 1.70 bits per heavy atom. The van der Waals surface area contributed by atoms with Crippen molar-refractivity contribution in [3.63, 3.8) is 0 Å². The Labute approximate surface area is 83.9 Å². The summed E-state index contributed by atoms with van der Waals surface area (Å²) in [7, 11) is 0. The van der Waals surface area contributed by atoms with Crippen LogP contribution in [0.2, 0.25) is 0 Å². The van der Waals surface area contributed by atoms with Crippen molar-refractivity contribution in [2.45, 2.75) is 19.8 Å². The SMILES string of the molecule is C=CCCC(=O)OCC.[NaH]. The van der Waals surface area contributed by atoms with E-state index in [-0.39, 0.29) is 35.5 Å². The van der Waals surface area contributed by atoms with Crippen molar-refractivity contribution in [2.75, 3.05) is 6.61 Å². The molecule has 0 aromatic rings. The summed E-state index contributed by atoms with van der Waals surface area (Å²) in [6.45, 7) is 5.75. The average Bonchev–Trinajstić information content (AvgIpc) is 1.85. The molecule has 0 radical (unpaired) electrons. The molecule has 0 fully saturated rings. The minimum absolute atomic E-state index is 0. The topological polar surface area (TPSA) is 26.3 Å². The number of carbonyl (C=O) groups excluding carboxylic acids is 1. The van der Waals surface area contributed by atoms with Gasteiger partial charge in [-0.05, 0) is 13.3 Å². The van der Waals surface area contributed by atoms with Gasteiger partial charge in [-0.15, -0.1) is 6.58 Å². The van der Waals surface area contributed by atoms with E-state index in [1.54, 1.807) is 13.0 Å². The number of hydrogen-bond acceptors (Lipinski definition) is 2. The Morgan fingerprint density at radius 3 is 2.70 bits per heavy atom. The zero-order valence-electron chi connectivity index (χ0n) is 5.72. The molecule has 0 unspecified atom stereocenters. The molecule has 10 heavy (non-hydrogen) atoms. The third-order valence-corrected chi connectivity index (χ3v) is 0.858. The molecule has 0 aromatic heterocycles. The molecular weight excluding hydrogens is 139 g/mol. The summed E-state index contributed by atoms with van der Waals surface area (Å²) in [6, 6.07) is 0. The van der Waals surface area contributed by atoms with E-state index < -0.39 is 0 Å². The van der Waals surface area contributed by atoms with Gasteiger partial charge in [0, 0.05) is 6.42 Å². The van der Waals surface area contributed by atoms with Crippen LogP contribution in [0.25, 0.3) is 0 Å². The Balaban J connectivity index is 0. The molecule has 3 heteroatoms. The molecule has 0 saturated carbocycles. The van der Waals surface area contributed by atoms with Gasteiger partial charge in [-0.1, -0.05) is 6.08 Å². The van der Waals surface area contributed by atoms with Crippen LogP contribution in [0.1, 0.15) is 19.8 Å². The van der Waals surface area contributed by atoms with E-state index in [0.717, 1.165) is 0 Å². The molecule has 54 valence electrons. The average molecular weight is 152 g/mol. The first kappa shape index (κ1) is 12.8. The maximum absolute atomic E-state index is 10.5. The first-order valence-electron chi connectivity index (χ1n) is 3.07. The van der Waals surface area contributed by atoms with Crippen LogP contribution < -0.4 is 0 Å². The summed E-state index contributed by atoms with van der Waals surface area (Å²) in [5, 5.41) is 0. The second-order valence-corrected chi connectivity index (χ2v) is 1.63. The molecule has 0 heterocycles. The van der Waals surface area contributed by atoms with E-state index in [4.69, 9.17) is 0 Å². The summed E-state index contributed by atoms with van der Waals surface area (Å²) >= 11 is 0. The molecule has 0 aliphatic heterocycles. The fourth-order valence-corrected chi connectivity index (χ4v) is 0.453. The first-order valence-corrected chi connectivity index (χ1v) is 3.07. The second kappa shape index (κ2) is 9.21. The van der Waals surface area contributed by atoms with Crippen molar-refractivity contribution in [2.24, 2.45) is 0 Å². The maximum atomic E-state index is 10.5. The van der Waals surface area contributed by atoms with Crippen molar-refractivity contribution in [3.8, 4) is 0 Å². The first-order chi connectivity index (χ1) is 4.31. The van der Waals surface area contributed by atoms with Gasteiger partial charge < -0.3 is 4.74 Å². The van der Waals surface area contributed by atoms with Gasteiger partial charge in [0.05, 0.1) is 6.61 Å². The van der Waals surface area contributed by atoms with Gasteiger partial charge in [-0.25, -0.2) is 0 Å². The predicted octanol–water partition coefficient (Wildman–Crippen LogP) is 0.867. The summed E-state index contributed by atoms with van der Waals surface area (Å²) < 4.78 is 4.66. The van der Waals surface area contributed by atoms with Crippen LogP contribution in [0, 0.1) is 0 Å². The van der Waals surface area contributed by atoms with Crippen molar-refractivity contribution in [3.05, 3.63) is 12.7 Å². The molecule has 0 N–H and O–H groups in total. The quantitative estimate of drug-likeness (QED) is 0.339. The van der Waals surface area contributed by atoms with Crippen LogP contribution in [0.15, 0.2) is 12.7 Å². The molecule has 0 bridgehead atoms. The van der Waals surface area contributed by atoms with Gasteiger partial charge >= 0.3 is 35.5 Å². The second-order valence-electron chi connectivity index (χ2n) is 1.63. The van der Waals surface area contributed by atoms with E-state index in [0.29, 0.717) is 19.4 Å². The van der Waals surface area contributed by atoms with Crippen molar-refractivity contribution >= 4 is 35.5 Å². The van der Waals surface area contributed by atoms with Gasteiger partial charge in [0.25, 0.3) is 0 Å². The molecule has 0 rings (SSSR count). The Hall–Kier alpha value is 0.210. The summed E-state index contributed by atoms with van der Waals surface area (Å²) in [5.74, 6) is -0.141. The molecular formula is C7H13NaO2. The molecule has 0 spiro atoms. The number of carbonyl (C=O) groups is 1. The normalized spacial score (nSPS) is 7.70. The van der Waals surface area contributed by atoms with Crippen LogP contribution >= 0.6 is 0 Å². The van der Waals surface area contributed by atoms with E-state index in [1.165, 1.54) is 0 Å². The zero-order valence-corrected chi connectivity index (χ0v) is 5.72. The summed E-state index contributed by atoms with van der Waals surface area (Å²) in [4.78, 5) is 10.5. The van der Waals surface area contributed by atoms with E-state index >= 15 is 0 Å². The van der Waals surface area contributed by atoms with Gasteiger partial charge in [0.15, 0.2) is 0 Å². The molecule has 0 amide bonds. The number of rotatable bonds is 4. The molecule has 0 atom stereocenters. The Morgan fingerprint density at radius 2 is 2.30 bits per heavy atom. The van der Waals surface area contributed by atoms with Crippen LogP contribution in [0.4, 0.5) is 0 Å². The molecule has 0 aliphatic carbocycles. The van der Waals surface area contributed by atoms with E-state index in [2.05, 4.69) is 11.3 Å². The van der Waals surface area contributed by atoms with Crippen LogP contribution in [-0.2, 0) is 9.53 Å². The van der Waals surface area contributed by atoms with Crippen molar-refractivity contribution < 1.29 is 9.53 Å². The van der Waals surface area contributed by atoms with E-state index in [1.807, 2.05) is 0 Å².